The Morgan fingerprint density at radius 1 is 1.44 bits per heavy atom. The number of hydrogen-bond donors (Lipinski definition) is 1. The SMILES string of the molecule is CCCNC(c1c(C)nn(C)c1OC)C(F)(F)F. The van der Waals surface area contributed by atoms with E-state index in [-0.39, 0.29) is 18.0 Å². The van der Waals surface area contributed by atoms with Gasteiger partial charge in [-0.05, 0) is 19.9 Å². The first-order valence-electron chi connectivity index (χ1n) is 5.70. The highest BCUT2D eigenvalue weighted by Gasteiger charge is 2.44. The largest absolute Gasteiger partial charge is 0.481 e. The third-order valence-electron chi connectivity index (χ3n) is 2.62. The molecule has 7 heteroatoms. The number of aryl methyl sites for hydroxylation is 2. The van der Waals surface area contributed by atoms with Crippen molar-refractivity contribution < 1.29 is 17.9 Å². The maximum absolute atomic E-state index is 13.1. The predicted octanol–water partition coefficient (Wildman–Crippen LogP) is 2.34. The van der Waals surface area contributed by atoms with Gasteiger partial charge in [0.15, 0.2) is 0 Å². The molecular formula is C11H18F3N3O. The summed E-state index contributed by atoms with van der Waals surface area (Å²) in [6, 6.07) is -1.75. The van der Waals surface area contributed by atoms with Crippen LogP contribution in [-0.4, -0.2) is 29.6 Å². The molecule has 1 heterocycles. The van der Waals surface area contributed by atoms with Crippen molar-refractivity contribution >= 4 is 0 Å². The number of ether oxygens (including phenoxy) is 1. The van der Waals surface area contributed by atoms with E-state index in [2.05, 4.69) is 10.4 Å². The topological polar surface area (TPSA) is 39.1 Å². The molecule has 0 saturated heterocycles. The number of hydrogen-bond acceptors (Lipinski definition) is 3. The minimum absolute atomic E-state index is 0.0564. The highest BCUT2D eigenvalue weighted by Crippen LogP contribution is 2.38. The number of nitrogens with one attached hydrogen (secondary N) is 1. The second-order valence-electron chi connectivity index (χ2n) is 4.06. The molecule has 1 rings (SSSR count). The van der Waals surface area contributed by atoms with Crippen molar-refractivity contribution in [2.24, 2.45) is 7.05 Å². The van der Waals surface area contributed by atoms with Gasteiger partial charge in [-0.15, -0.1) is 0 Å². The lowest BCUT2D eigenvalue weighted by Crippen LogP contribution is -2.35. The lowest BCUT2D eigenvalue weighted by molar-refractivity contribution is -0.158. The van der Waals surface area contributed by atoms with Crippen molar-refractivity contribution in [2.45, 2.75) is 32.5 Å². The van der Waals surface area contributed by atoms with Crippen LogP contribution in [0, 0.1) is 6.92 Å². The Hall–Kier alpha value is -1.24. The fourth-order valence-corrected chi connectivity index (χ4v) is 1.90. The molecule has 0 saturated carbocycles. The van der Waals surface area contributed by atoms with Crippen LogP contribution < -0.4 is 10.1 Å². The van der Waals surface area contributed by atoms with Gasteiger partial charge in [-0.25, -0.2) is 4.68 Å². The molecule has 0 spiro atoms. The number of rotatable bonds is 5. The van der Waals surface area contributed by atoms with Crippen LogP contribution >= 0.6 is 0 Å². The molecule has 0 aromatic carbocycles. The molecular weight excluding hydrogens is 247 g/mol. The molecule has 18 heavy (non-hydrogen) atoms. The zero-order valence-electron chi connectivity index (χ0n) is 10.9. The number of methoxy groups -OCH3 is 1. The minimum Gasteiger partial charge on any atom is -0.481 e. The average molecular weight is 265 g/mol. The average Bonchev–Trinajstić information content (AvgIpc) is 2.52. The number of aromatic nitrogens is 2. The van der Waals surface area contributed by atoms with Gasteiger partial charge >= 0.3 is 6.18 Å². The van der Waals surface area contributed by atoms with E-state index >= 15 is 0 Å². The van der Waals surface area contributed by atoms with Gasteiger partial charge in [0.05, 0.1) is 18.4 Å². The van der Waals surface area contributed by atoms with Crippen LogP contribution in [-0.2, 0) is 7.05 Å². The second kappa shape index (κ2) is 5.60. The van der Waals surface area contributed by atoms with E-state index in [4.69, 9.17) is 4.74 Å². The van der Waals surface area contributed by atoms with Crippen LogP contribution in [0.5, 0.6) is 5.88 Å². The summed E-state index contributed by atoms with van der Waals surface area (Å²) in [6.45, 7) is 3.64. The summed E-state index contributed by atoms with van der Waals surface area (Å²) in [5, 5.41) is 6.47. The third kappa shape index (κ3) is 2.95. The highest BCUT2D eigenvalue weighted by atomic mass is 19.4. The Labute approximate surface area is 104 Å². The zero-order valence-corrected chi connectivity index (χ0v) is 10.9. The zero-order chi connectivity index (χ0) is 13.9. The molecule has 1 atom stereocenters. The van der Waals surface area contributed by atoms with E-state index in [1.165, 1.54) is 11.8 Å². The van der Waals surface area contributed by atoms with Crippen LogP contribution in [0.1, 0.15) is 30.6 Å². The van der Waals surface area contributed by atoms with E-state index in [0.717, 1.165) is 0 Å². The van der Waals surface area contributed by atoms with Gasteiger partial charge in [-0.1, -0.05) is 6.92 Å². The molecule has 1 N–H and O–H groups in total. The Balaban J connectivity index is 3.20. The van der Waals surface area contributed by atoms with E-state index in [9.17, 15) is 13.2 Å². The molecule has 0 amide bonds. The molecule has 0 bridgehead atoms. The summed E-state index contributed by atoms with van der Waals surface area (Å²) in [6.07, 6.45) is -3.76. The number of nitrogens with zero attached hydrogens (tertiary/aromatic N) is 2. The van der Waals surface area contributed by atoms with Crippen molar-refractivity contribution in [3.8, 4) is 5.88 Å². The Kier molecular flexibility index (Phi) is 4.61. The van der Waals surface area contributed by atoms with E-state index in [1.54, 1.807) is 14.0 Å². The Morgan fingerprint density at radius 3 is 2.50 bits per heavy atom. The molecule has 1 aromatic heterocycles. The van der Waals surface area contributed by atoms with Gasteiger partial charge in [0.2, 0.25) is 5.88 Å². The monoisotopic (exact) mass is 265 g/mol. The maximum Gasteiger partial charge on any atom is 0.408 e. The summed E-state index contributed by atoms with van der Waals surface area (Å²) in [7, 11) is 2.90. The van der Waals surface area contributed by atoms with Gasteiger partial charge in [0, 0.05) is 7.05 Å². The highest BCUT2D eigenvalue weighted by molar-refractivity contribution is 5.35. The quantitative estimate of drug-likeness (QED) is 0.888. The predicted molar refractivity (Wildman–Crippen MR) is 61.6 cm³/mol. The molecule has 0 fully saturated rings. The lowest BCUT2D eigenvalue weighted by Gasteiger charge is -2.22. The first kappa shape index (κ1) is 14.8. The molecule has 0 radical (unpaired) electrons. The lowest BCUT2D eigenvalue weighted by atomic mass is 10.1. The van der Waals surface area contributed by atoms with Gasteiger partial charge < -0.3 is 10.1 Å². The van der Waals surface area contributed by atoms with Gasteiger partial charge in [0.25, 0.3) is 0 Å². The standard InChI is InChI=1S/C11H18F3N3O/c1-5-6-15-9(11(12,13)14)8-7(2)16-17(3)10(8)18-4/h9,15H,5-6H2,1-4H3. The summed E-state index contributed by atoms with van der Waals surface area (Å²) in [4.78, 5) is 0. The van der Waals surface area contributed by atoms with Crippen LogP contribution in [0.4, 0.5) is 13.2 Å². The van der Waals surface area contributed by atoms with Gasteiger partial charge in [-0.3, -0.25) is 0 Å². The molecule has 0 aliphatic heterocycles. The molecule has 4 nitrogen and oxygen atoms in total. The number of halogens is 3. The third-order valence-corrected chi connectivity index (χ3v) is 2.62. The van der Waals surface area contributed by atoms with Crippen molar-refractivity contribution in [1.29, 1.82) is 0 Å². The summed E-state index contributed by atoms with van der Waals surface area (Å²) in [5.41, 5.74) is 0.376. The van der Waals surface area contributed by atoms with Crippen molar-refractivity contribution in [3.05, 3.63) is 11.3 Å². The fourth-order valence-electron chi connectivity index (χ4n) is 1.90. The molecule has 104 valence electrons. The second-order valence-corrected chi connectivity index (χ2v) is 4.06. The van der Waals surface area contributed by atoms with Crippen LogP contribution in [0.15, 0.2) is 0 Å². The molecule has 0 aliphatic rings. The van der Waals surface area contributed by atoms with E-state index in [1.807, 2.05) is 6.92 Å². The number of alkyl halides is 3. The van der Waals surface area contributed by atoms with Crippen molar-refractivity contribution in [3.63, 3.8) is 0 Å². The van der Waals surface area contributed by atoms with E-state index in [0.29, 0.717) is 12.1 Å². The van der Waals surface area contributed by atoms with Crippen LogP contribution in [0.25, 0.3) is 0 Å². The molecule has 1 unspecified atom stereocenters. The first-order valence-corrected chi connectivity index (χ1v) is 5.70. The summed E-state index contributed by atoms with van der Waals surface area (Å²) in [5.74, 6) is 0.137. The first-order chi connectivity index (χ1) is 8.32. The van der Waals surface area contributed by atoms with Gasteiger partial charge in [0.1, 0.15) is 6.04 Å². The van der Waals surface area contributed by atoms with Crippen molar-refractivity contribution in [2.75, 3.05) is 13.7 Å². The normalized spacial score (nSPS) is 13.7. The Morgan fingerprint density at radius 2 is 2.06 bits per heavy atom. The molecule has 1 aromatic rings. The Bertz CT molecular complexity index is 401. The maximum atomic E-state index is 13.1. The summed E-state index contributed by atoms with van der Waals surface area (Å²) >= 11 is 0. The van der Waals surface area contributed by atoms with Gasteiger partial charge in [-0.2, -0.15) is 18.3 Å². The molecule has 0 aliphatic carbocycles. The van der Waals surface area contributed by atoms with Crippen LogP contribution in [0.2, 0.25) is 0 Å². The van der Waals surface area contributed by atoms with Crippen molar-refractivity contribution in [1.82, 2.24) is 15.1 Å². The van der Waals surface area contributed by atoms with Crippen LogP contribution in [0.3, 0.4) is 0 Å². The smallest absolute Gasteiger partial charge is 0.408 e. The summed E-state index contributed by atoms with van der Waals surface area (Å²) < 4.78 is 45.6. The minimum atomic E-state index is -4.38. The fraction of sp³-hybridized carbons (Fsp3) is 0.727. The van der Waals surface area contributed by atoms with E-state index < -0.39 is 12.2 Å².